The van der Waals surface area contributed by atoms with Crippen LogP contribution in [0.1, 0.15) is 235 Å². The van der Waals surface area contributed by atoms with E-state index in [1.807, 2.05) is 0 Å². The molecule has 0 amide bonds. The first-order chi connectivity index (χ1) is 24.3. The number of hydrogen-bond donors (Lipinski definition) is 0. The third-order valence-corrected chi connectivity index (χ3v) is 25.4. The SMILES string of the molecule is CCCCCC(CCCC)C12SC3(C(CCCC)CCCCC)SC(C(CCCC)CCCCC)(S1)SC(C(CCCC)CCCCC)(S2)S3. The molecule has 0 aliphatic carbocycles. The van der Waals surface area contributed by atoms with Gasteiger partial charge in [-0.1, -0.05) is 184 Å². The summed E-state index contributed by atoms with van der Waals surface area (Å²) in [6, 6.07) is 0. The van der Waals surface area contributed by atoms with Crippen LogP contribution in [0.5, 0.6) is 0 Å². The molecule has 4 fully saturated rings. The monoisotopic (exact) mass is 804 g/mol. The molecule has 50 heavy (non-hydrogen) atoms. The molecule has 0 spiro atoms. The maximum Gasteiger partial charge on any atom is 0.116 e. The van der Waals surface area contributed by atoms with E-state index in [-0.39, 0.29) is 0 Å². The van der Waals surface area contributed by atoms with Crippen LogP contribution in [0.15, 0.2) is 0 Å². The van der Waals surface area contributed by atoms with Crippen molar-refractivity contribution in [1.82, 2.24) is 0 Å². The van der Waals surface area contributed by atoms with Crippen LogP contribution in [0.4, 0.5) is 0 Å². The Morgan fingerprint density at radius 3 is 0.560 bits per heavy atom. The highest BCUT2D eigenvalue weighted by Crippen LogP contribution is 2.94. The summed E-state index contributed by atoms with van der Waals surface area (Å²) < 4.78 is 1.24. The van der Waals surface area contributed by atoms with Crippen LogP contribution in [-0.4, -0.2) is 13.6 Å². The van der Waals surface area contributed by atoms with Gasteiger partial charge in [0.2, 0.25) is 0 Å². The van der Waals surface area contributed by atoms with Crippen molar-refractivity contribution in [3.63, 3.8) is 0 Å². The summed E-state index contributed by atoms with van der Waals surface area (Å²) in [6.07, 6.45) is 39.6. The summed E-state index contributed by atoms with van der Waals surface area (Å²) in [5.41, 5.74) is 0. The van der Waals surface area contributed by atoms with E-state index >= 15 is 0 Å². The number of unbranched alkanes of at least 4 members (excludes halogenated alkanes) is 12. The quantitative estimate of drug-likeness (QED) is 0.0617. The molecule has 4 bridgehead atoms. The van der Waals surface area contributed by atoms with E-state index in [4.69, 9.17) is 0 Å². The lowest BCUT2D eigenvalue weighted by molar-refractivity contribution is 0.387. The summed E-state index contributed by atoms with van der Waals surface area (Å²) in [6.45, 7) is 19.5. The van der Waals surface area contributed by atoms with Gasteiger partial charge >= 0.3 is 0 Å². The molecule has 4 aliphatic heterocycles. The fraction of sp³-hybridized carbons (Fsp3) is 1.00. The highest BCUT2D eigenvalue weighted by atomic mass is 32.4. The molecule has 4 aliphatic rings. The minimum absolute atomic E-state index is 0.310. The fourth-order valence-electron chi connectivity index (χ4n) is 8.80. The molecular weight excluding hydrogens is 721 g/mol. The normalized spacial score (nSPS) is 29.8. The van der Waals surface area contributed by atoms with Crippen LogP contribution in [0.2, 0.25) is 0 Å². The van der Waals surface area contributed by atoms with Crippen LogP contribution in [0, 0.1) is 23.7 Å². The molecule has 6 heteroatoms. The lowest BCUT2D eigenvalue weighted by Crippen LogP contribution is -2.61. The van der Waals surface area contributed by atoms with E-state index in [9.17, 15) is 0 Å². The molecule has 4 rings (SSSR count). The first kappa shape index (κ1) is 46.5. The molecular formula is C44H84S6. The summed E-state index contributed by atoms with van der Waals surface area (Å²) in [7, 11) is 0. The van der Waals surface area contributed by atoms with Crippen molar-refractivity contribution in [2.75, 3.05) is 0 Å². The second-order valence-corrected chi connectivity index (χ2v) is 28.4. The zero-order valence-corrected chi connectivity index (χ0v) is 39.5. The molecule has 0 N–H and O–H groups in total. The Morgan fingerprint density at radius 2 is 0.400 bits per heavy atom. The van der Waals surface area contributed by atoms with Crippen LogP contribution in [-0.2, 0) is 0 Å². The Morgan fingerprint density at radius 1 is 0.240 bits per heavy atom. The van der Waals surface area contributed by atoms with E-state index in [0.717, 1.165) is 23.7 Å². The van der Waals surface area contributed by atoms with Crippen molar-refractivity contribution in [1.29, 1.82) is 0 Å². The third kappa shape index (κ3) is 12.6. The van der Waals surface area contributed by atoms with Crippen molar-refractivity contribution in [2.45, 2.75) is 249 Å². The Kier molecular flexibility index (Phi) is 22.9. The minimum atomic E-state index is 0.310. The minimum Gasteiger partial charge on any atom is -0.104 e. The molecule has 296 valence electrons. The highest BCUT2D eigenvalue weighted by molar-refractivity contribution is 8.64. The van der Waals surface area contributed by atoms with Crippen molar-refractivity contribution in [3.05, 3.63) is 0 Å². The lowest BCUT2D eigenvalue weighted by atomic mass is 9.95. The van der Waals surface area contributed by atoms with Crippen LogP contribution in [0.3, 0.4) is 0 Å². The lowest BCUT2D eigenvalue weighted by Gasteiger charge is -2.72. The summed E-state index contributed by atoms with van der Waals surface area (Å²) >= 11 is 15.7. The second-order valence-electron chi connectivity index (χ2n) is 16.4. The van der Waals surface area contributed by atoms with Gasteiger partial charge in [-0.3, -0.25) is 0 Å². The van der Waals surface area contributed by atoms with Crippen molar-refractivity contribution < 1.29 is 0 Å². The average Bonchev–Trinajstić information content (AvgIpc) is 3.10. The van der Waals surface area contributed by atoms with Gasteiger partial charge in [-0.05, 0) is 75.0 Å². The van der Waals surface area contributed by atoms with Crippen LogP contribution in [0.25, 0.3) is 0 Å². The van der Waals surface area contributed by atoms with E-state index in [1.54, 1.807) is 0 Å². The Balaban J connectivity index is 2.30. The van der Waals surface area contributed by atoms with Gasteiger partial charge in [0.15, 0.2) is 0 Å². The van der Waals surface area contributed by atoms with E-state index in [0.29, 0.717) is 13.6 Å². The smallest absolute Gasteiger partial charge is 0.104 e. The highest BCUT2D eigenvalue weighted by Gasteiger charge is 2.76. The van der Waals surface area contributed by atoms with Gasteiger partial charge in [-0.2, -0.15) is 0 Å². The molecule has 0 aromatic heterocycles. The largest absolute Gasteiger partial charge is 0.116 e. The van der Waals surface area contributed by atoms with Crippen LogP contribution < -0.4 is 0 Å². The Labute approximate surface area is 340 Å². The zero-order chi connectivity index (χ0) is 36.4. The summed E-state index contributed by atoms with van der Waals surface area (Å²) in [5, 5.41) is 0. The second kappa shape index (κ2) is 24.7. The number of hydrogen-bond acceptors (Lipinski definition) is 6. The van der Waals surface area contributed by atoms with Crippen molar-refractivity contribution in [2.24, 2.45) is 23.7 Å². The maximum absolute atomic E-state index is 2.61. The first-order valence-corrected chi connectivity index (χ1v) is 27.4. The number of thioether (sulfide) groups is 6. The number of rotatable bonds is 32. The van der Waals surface area contributed by atoms with E-state index in [2.05, 4.69) is 126 Å². The van der Waals surface area contributed by atoms with Gasteiger partial charge < -0.3 is 0 Å². The standard InChI is InChI=1S/C44H84S6/c1-9-17-25-33-37(29-21-13-5)41-45-42(38(30-22-14-6)34-26-18-10-2)48-43(46-41,39(31-23-15-7)35-27-19-11-3)50-44(47-41,49-42)40(32-24-16-8)36-28-20-12-4/h37-40H,9-36H2,1-8H3. The third-order valence-electron chi connectivity index (χ3n) is 12.0. The predicted molar refractivity (Wildman–Crippen MR) is 245 cm³/mol. The van der Waals surface area contributed by atoms with Crippen LogP contribution >= 0.6 is 70.6 Å². The average molecular weight is 806 g/mol. The van der Waals surface area contributed by atoms with Gasteiger partial charge in [0.1, 0.15) is 13.6 Å². The molecule has 4 unspecified atom stereocenters. The molecule has 4 atom stereocenters. The molecule has 0 aromatic rings. The van der Waals surface area contributed by atoms with Gasteiger partial charge in [-0.25, -0.2) is 0 Å². The Hall–Kier alpha value is 2.10. The van der Waals surface area contributed by atoms with Gasteiger partial charge in [-0.15, -0.1) is 70.6 Å². The maximum atomic E-state index is 2.61. The predicted octanol–water partition coefficient (Wildman–Crippen LogP) is 18.6. The molecule has 4 saturated heterocycles. The van der Waals surface area contributed by atoms with E-state index < -0.39 is 0 Å². The van der Waals surface area contributed by atoms with Crippen molar-refractivity contribution in [3.8, 4) is 0 Å². The van der Waals surface area contributed by atoms with Crippen molar-refractivity contribution >= 4 is 70.6 Å². The molecule has 0 saturated carbocycles. The summed E-state index contributed by atoms with van der Waals surface area (Å²) in [4.78, 5) is 0. The molecule has 0 radical (unpaired) electrons. The molecule has 0 aromatic carbocycles. The molecule has 0 nitrogen and oxygen atoms in total. The van der Waals surface area contributed by atoms with Gasteiger partial charge in [0.05, 0.1) is 0 Å². The summed E-state index contributed by atoms with van der Waals surface area (Å²) in [5.74, 6) is 3.34. The first-order valence-electron chi connectivity index (χ1n) is 22.5. The van der Waals surface area contributed by atoms with Gasteiger partial charge in [0.25, 0.3) is 0 Å². The van der Waals surface area contributed by atoms with Gasteiger partial charge in [0, 0.05) is 0 Å². The molecule has 4 heterocycles. The zero-order valence-electron chi connectivity index (χ0n) is 34.6. The van der Waals surface area contributed by atoms with E-state index in [1.165, 1.54) is 180 Å². The topological polar surface area (TPSA) is 0 Å². The fourth-order valence-corrected chi connectivity index (χ4v) is 31.3. The Bertz CT molecular complexity index is 703.